The van der Waals surface area contributed by atoms with Crippen molar-refractivity contribution < 1.29 is 18.7 Å². The van der Waals surface area contributed by atoms with Gasteiger partial charge in [-0.25, -0.2) is 18.6 Å². The third-order valence-corrected chi connectivity index (χ3v) is 5.96. The van der Waals surface area contributed by atoms with E-state index >= 15 is 0 Å². The van der Waals surface area contributed by atoms with Gasteiger partial charge in [0.2, 0.25) is 0 Å². The van der Waals surface area contributed by atoms with Crippen LogP contribution in [0.5, 0.6) is 0 Å². The van der Waals surface area contributed by atoms with Crippen molar-refractivity contribution in [3.8, 4) is 11.1 Å². The Hall–Kier alpha value is -3.85. The normalized spacial score (nSPS) is 11.4. The Morgan fingerprint density at radius 2 is 2.03 bits per heavy atom. The fourth-order valence-corrected chi connectivity index (χ4v) is 4.54. The number of H-pyrrole nitrogens is 1. The van der Waals surface area contributed by atoms with Gasteiger partial charge in [0.25, 0.3) is 5.56 Å². The average Bonchev–Trinajstić information content (AvgIpc) is 3.33. The molecule has 5 aromatic rings. The molecule has 2 aromatic carbocycles. The molecule has 0 saturated heterocycles. The highest BCUT2D eigenvalue weighted by molar-refractivity contribution is 7.16. The molecule has 6 nitrogen and oxygen atoms in total. The van der Waals surface area contributed by atoms with Crippen molar-refractivity contribution in [3.05, 3.63) is 87.4 Å². The third-order valence-electron chi connectivity index (χ3n) is 5.16. The minimum absolute atomic E-state index is 0.118. The summed E-state index contributed by atoms with van der Waals surface area (Å²) < 4.78 is 30.0. The summed E-state index contributed by atoms with van der Waals surface area (Å²) in [5.41, 5.74) is 2.56. The van der Waals surface area contributed by atoms with E-state index < -0.39 is 23.2 Å². The second-order valence-electron chi connectivity index (χ2n) is 6.92. The van der Waals surface area contributed by atoms with Crippen molar-refractivity contribution >= 4 is 38.4 Å². The molecule has 0 aliphatic carbocycles. The Kier molecular flexibility index (Phi) is 4.40. The maximum absolute atomic E-state index is 14.4. The molecule has 2 N–H and O–H groups in total. The number of hydrogen-bond acceptors (Lipinski definition) is 4. The summed E-state index contributed by atoms with van der Waals surface area (Å²) in [5, 5.41) is 10.6. The number of fused-ring (bicyclic) bond motifs is 3. The van der Waals surface area contributed by atoms with E-state index in [2.05, 4.69) is 9.97 Å². The summed E-state index contributed by atoms with van der Waals surface area (Å²) in [5.74, 6) is -2.79. The van der Waals surface area contributed by atoms with Gasteiger partial charge in [-0.3, -0.25) is 4.79 Å². The Morgan fingerprint density at radius 1 is 1.19 bits per heavy atom. The highest BCUT2D eigenvalue weighted by Crippen LogP contribution is 2.39. The number of benzene rings is 2. The maximum Gasteiger partial charge on any atom is 0.353 e. The molecule has 0 saturated carbocycles. The van der Waals surface area contributed by atoms with Crippen LogP contribution in [-0.4, -0.2) is 25.6 Å². The van der Waals surface area contributed by atoms with Crippen molar-refractivity contribution in [2.24, 2.45) is 0 Å². The first-order valence-corrected chi connectivity index (χ1v) is 10.1. The standard InChI is InChI=1S/C22H13F2N3O3S/c23-12-4-3-11(14(24)8-12)9-27-15-5-6-16-19(26-10-31-16)18(15)17(20(27)22(29)30)13-2-1-7-25-21(13)28/h1-8,10H,9H2,(H,25,28)(H,29,30). The maximum atomic E-state index is 14.4. The van der Waals surface area contributed by atoms with Gasteiger partial charge in [-0.2, -0.15) is 0 Å². The lowest BCUT2D eigenvalue weighted by atomic mass is 10.0. The topological polar surface area (TPSA) is 88.0 Å². The van der Waals surface area contributed by atoms with E-state index in [1.165, 1.54) is 34.2 Å². The van der Waals surface area contributed by atoms with E-state index in [1.54, 1.807) is 23.7 Å². The van der Waals surface area contributed by atoms with E-state index in [0.29, 0.717) is 16.4 Å². The van der Waals surface area contributed by atoms with Crippen LogP contribution in [-0.2, 0) is 6.54 Å². The monoisotopic (exact) mass is 437 g/mol. The summed E-state index contributed by atoms with van der Waals surface area (Å²) in [7, 11) is 0. The summed E-state index contributed by atoms with van der Waals surface area (Å²) in [6, 6.07) is 9.82. The van der Waals surface area contributed by atoms with Crippen LogP contribution in [0.1, 0.15) is 16.1 Å². The number of rotatable bonds is 4. The summed E-state index contributed by atoms with van der Waals surface area (Å²) in [6.45, 7) is -0.162. The van der Waals surface area contributed by atoms with Crippen molar-refractivity contribution in [3.63, 3.8) is 0 Å². The van der Waals surface area contributed by atoms with Gasteiger partial charge in [-0.15, -0.1) is 11.3 Å². The zero-order valence-corrected chi connectivity index (χ0v) is 16.5. The molecule has 0 aliphatic rings. The number of nitrogens with zero attached hydrogens (tertiary/aromatic N) is 2. The fourth-order valence-electron chi connectivity index (χ4n) is 3.85. The van der Waals surface area contributed by atoms with Gasteiger partial charge in [-0.05, 0) is 30.3 Å². The van der Waals surface area contributed by atoms with Crippen molar-refractivity contribution in [2.75, 3.05) is 0 Å². The summed E-state index contributed by atoms with van der Waals surface area (Å²) in [4.78, 5) is 31.9. The summed E-state index contributed by atoms with van der Waals surface area (Å²) >= 11 is 1.39. The van der Waals surface area contributed by atoms with Crippen LogP contribution in [0.15, 0.2) is 59.0 Å². The van der Waals surface area contributed by atoms with Gasteiger partial charge in [0.1, 0.15) is 17.3 Å². The van der Waals surface area contributed by atoms with Crippen LogP contribution in [0, 0.1) is 11.6 Å². The van der Waals surface area contributed by atoms with Crippen LogP contribution in [0.4, 0.5) is 8.78 Å². The minimum atomic E-state index is -1.28. The Bertz CT molecular complexity index is 1550. The molecular formula is C22H13F2N3O3S. The number of pyridine rings is 1. The van der Waals surface area contributed by atoms with Crippen LogP contribution in [0.3, 0.4) is 0 Å². The van der Waals surface area contributed by atoms with Gasteiger partial charge in [0.05, 0.1) is 33.4 Å². The van der Waals surface area contributed by atoms with E-state index in [9.17, 15) is 23.5 Å². The molecule has 0 atom stereocenters. The van der Waals surface area contributed by atoms with Gasteiger partial charge in [-0.1, -0.05) is 6.07 Å². The number of aromatic amines is 1. The predicted molar refractivity (Wildman–Crippen MR) is 114 cm³/mol. The second kappa shape index (κ2) is 7.13. The molecule has 0 aliphatic heterocycles. The molecule has 0 bridgehead atoms. The molecule has 3 heterocycles. The number of aromatic nitrogens is 3. The molecule has 0 spiro atoms. The Balaban J connectivity index is 1.92. The zero-order chi connectivity index (χ0) is 21.7. The molecule has 3 aromatic heterocycles. The number of hydrogen-bond donors (Lipinski definition) is 2. The van der Waals surface area contributed by atoms with Gasteiger partial charge < -0.3 is 14.7 Å². The third kappa shape index (κ3) is 3.01. The number of carboxylic acid groups (broad SMARTS) is 1. The van der Waals surface area contributed by atoms with E-state index in [-0.39, 0.29) is 28.9 Å². The molecule has 0 fully saturated rings. The molecule has 5 rings (SSSR count). The predicted octanol–water partition coefficient (Wildman–Crippen LogP) is 4.63. The van der Waals surface area contributed by atoms with Crippen LogP contribution in [0.2, 0.25) is 0 Å². The molecule has 31 heavy (non-hydrogen) atoms. The molecule has 0 radical (unpaired) electrons. The largest absolute Gasteiger partial charge is 0.477 e. The van der Waals surface area contributed by atoms with Gasteiger partial charge in [0.15, 0.2) is 0 Å². The highest BCUT2D eigenvalue weighted by atomic mass is 32.1. The molecular weight excluding hydrogens is 424 g/mol. The highest BCUT2D eigenvalue weighted by Gasteiger charge is 2.27. The second-order valence-corrected chi connectivity index (χ2v) is 7.81. The number of nitrogens with one attached hydrogen (secondary N) is 1. The van der Waals surface area contributed by atoms with E-state index in [4.69, 9.17) is 0 Å². The van der Waals surface area contributed by atoms with Crippen LogP contribution < -0.4 is 5.56 Å². The average molecular weight is 437 g/mol. The molecule has 0 unspecified atom stereocenters. The first-order chi connectivity index (χ1) is 15.0. The van der Waals surface area contributed by atoms with Crippen LogP contribution >= 0.6 is 11.3 Å². The quantitative estimate of drug-likeness (QED) is 0.429. The number of aromatic carboxylic acids is 1. The SMILES string of the molecule is O=C(O)c1c(-c2ccc[nH]c2=O)c2c3ncsc3ccc2n1Cc1ccc(F)cc1F. The van der Waals surface area contributed by atoms with E-state index in [1.807, 2.05) is 0 Å². The van der Waals surface area contributed by atoms with Crippen molar-refractivity contribution in [1.29, 1.82) is 0 Å². The number of halogens is 2. The number of carboxylic acids is 1. The number of thiazole rings is 1. The molecule has 0 amide bonds. The molecule has 9 heteroatoms. The minimum Gasteiger partial charge on any atom is -0.477 e. The first kappa shape index (κ1) is 19.1. The lowest BCUT2D eigenvalue weighted by Gasteiger charge is -2.10. The summed E-state index contributed by atoms with van der Waals surface area (Å²) in [6.07, 6.45) is 1.46. The lowest BCUT2D eigenvalue weighted by molar-refractivity contribution is 0.0687. The fraction of sp³-hybridized carbons (Fsp3) is 0.0455. The van der Waals surface area contributed by atoms with Crippen molar-refractivity contribution in [2.45, 2.75) is 6.54 Å². The van der Waals surface area contributed by atoms with Crippen LogP contribution in [0.25, 0.3) is 32.2 Å². The smallest absolute Gasteiger partial charge is 0.353 e. The Morgan fingerprint density at radius 3 is 2.77 bits per heavy atom. The Labute approximate surface area is 177 Å². The lowest BCUT2D eigenvalue weighted by Crippen LogP contribution is -2.14. The number of carbonyl (C=O) groups is 1. The van der Waals surface area contributed by atoms with Gasteiger partial charge in [0, 0.05) is 28.8 Å². The van der Waals surface area contributed by atoms with Crippen molar-refractivity contribution in [1.82, 2.24) is 14.5 Å². The first-order valence-electron chi connectivity index (χ1n) is 9.19. The molecule has 154 valence electrons. The van der Waals surface area contributed by atoms with Gasteiger partial charge >= 0.3 is 5.97 Å². The zero-order valence-electron chi connectivity index (χ0n) is 15.7. The van der Waals surface area contributed by atoms with E-state index in [0.717, 1.165) is 16.8 Å².